The van der Waals surface area contributed by atoms with Crippen LogP contribution in [0.25, 0.3) is 6.08 Å². The highest BCUT2D eigenvalue weighted by molar-refractivity contribution is 6.30. The van der Waals surface area contributed by atoms with E-state index in [4.69, 9.17) is 16.9 Å². The second-order valence-corrected chi connectivity index (χ2v) is 8.53. The van der Waals surface area contributed by atoms with Crippen LogP contribution < -0.4 is 4.90 Å². The fourth-order valence-corrected chi connectivity index (χ4v) is 4.31. The Morgan fingerprint density at radius 2 is 1.93 bits per heavy atom. The average Bonchev–Trinajstić information content (AvgIpc) is 2.88. The maximum Gasteiger partial charge on any atom is 0.209 e. The molecule has 4 heteroatoms. The molecule has 0 atom stereocenters. The first-order valence-corrected chi connectivity index (χ1v) is 10.5. The maximum atomic E-state index is 8.92. The molecule has 0 spiro atoms. The molecule has 0 fully saturated rings. The Balaban J connectivity index is 1.95. The van der Waals surface area contributed by atoms with Crippen LogP contribution in [-0.2, 0) is 5.41 Å². The summed E-state index contributed by atoms with van der Waals surface area (Å²) in [5.41, 5.74) is 7.19. The molecule has 0 aliphatic carbocycles. The summed E-state index contributed by atoms with van der Waals surface area (Å²) in [6, 6.07) is 14.9. The van der Waals surface area contributed by atoms with Crippen molar-refractivity contribution in [2.75, 3.05) is 25.0 Å². The standard InChI is InChI=1S/C25H29ClN3/c1-6-29(15-7-14-27)21-11-8-18(2)19(16-21)9-13-24-25(3,4)22-17-20(26)10-12-23(22)28(24)5/h8-13,16-17H,6-7,15H2,1-5H3/q+1. The number of fused-ring (bicyclic) bond motifs is 1. The summed E-state index contributed by atoms with van der Waals surface area (Å²) in [6.45, 7) is 10.4. The first-order chi connectivity index (χ1) is 13.8. The van der Waals surface area contributed by atoms with Crippen LogP contribution in [0.3, 0.4) is 0 Å². The van der Waals surface area contributed by atoms with Crippen molar-refractivity contribution in [2.45, 2.75) is 39.5 Å². The van der Waals surface area contributed by atoms with Gasteiger partial charge in [-0.15, -0.1) is 0 Å². The van der Waals surface area contributed by atoms with E-state index in [2.05, 4.69) is 92.8 Å². The van der Waals surface area contributed by atoms with Crippen LogP contribution in [0.5, 0.6) is 0 Å². The van der Waals surface area contributed by atoms with Gasteiger partial charge < -0.3 is 4.90 Å². The van der Waals surface area contributed by atoms with E-state index in [0.29, 0.717) is 6.42 Å². The third-order valence-electron chi connectivity index (χ3n) is 5.92. The Hall–Kier alpha value is -2.57. The number of rotatable bonds is 6. The van der Waals surface area contributed by atoms with Crippen molar-refractivity contribution in [1.82, 2.24) is 0 Å². The van der Waals surface area contributed by atoms with E-state index in [1.54, 1.807) is 0 Å². The van der Waals surface area contributed by atoms with Gasteiger partial charge in [-0.2, -0.15) is 9.84 Å². The fraction of sp³-hybridized carbons (Fsp3) is 0.360. The van der Waals surface area contributed by atoms with E-state index in [9.17, 15) is 0 Å². The predicted octanol–water partition coefficient (Wildman–Crippen LogP) is 6.11. The summed E-state index contributed by atoms with van der Waals surface area (Å²) < 4.78 is 2.26. The van der Waals surface area contributed by atoms with Gasteiger partial charge in [0.25, 0.3) is 0 Å². The molecule has 2 aromatic carbocycles. The summed E-state index contributed by atoms with van der Waals surface area (Å²) >= 11 is 6.27. The van der Waals surface area contributed by atoms with E-state index >= 15 is 0 Å². The Morgan fingerprint density at radius 1 is 1.17 bits per heavy atom. The van der Waals surface area contributed by atoms with Crippen LogP contribution in [0, 0.1) is 18.3 Å². The number of hydrogen-bond acceptors (Lipinski definition) is 2. The molecule has 3 rings (SSSR count). The van der Waals surface area contributed by atoms with Crippen LogP contribution in [0.1, 0.15) is 43.9 Å². The minimum absolute atomic E-state index is 0.112. The van der Waals surface area contributed by atoms with Gasteiger partial charge in [-0.25, -0.2) is 0 Å². The van der Waals surface area contributed by atoms with E-state index < -0.39 is 0 Å². The van der Waals surface area contributed by atoms with Gasteiger partial charge in [-0.1, -0.05) is 17.7 Å². The molecule has 2 aromatic rings. The van der Waals surface area contributed by atoms with Gasteiger partial charge in [0.2, 0.25) is 5.69 Å². The van der Waals surface area contributed by atoms with Gasteiger partial charge in [-0.05, 0) is 69.2 Å². The molecule has 0 radical (unpaired) electrons. The quantitative estimate of drug-likeness (QED) is 0.542. The number of anilines is 1. The predicted molar refractivity (Wildman–Crippen MR) is 124 cm³/mol. The molecule has 0 unspecified atom stereocenters. The SMILES string of the molecule is CCN(CCC#N)c1ccc(C)c(C=CC2=[N+](C)c3ccc(Cl)cc3C2(C)C)c1. The van der Waals surface area contributed by atoms with E-state index in [1.807, 2.05) is 6.07 Å². The summed E-state index contributed by atoms with van der Waals surface area (Å²) in [6.07, 6.45) is 4.97. The van der Waals surface area contributed by atoms with Crippen LogP contribution in [0.4, 0.5) is 11.4 Å². The van der Waals surface area contributed by atoms with Gasteiger partial charge in [0.05, 0.1) is 17.9 Å². The summed E-state index contributed by atoms with van der Waals surface area (Å²) in [5, 5.41) is 9.70. The van der Waals surface area contributed by atoms with Crippen LogP contribution in [-0.4, -0.2) is 30.4 Å². The monoisotopic (exact) mass is 406 g/mol. The highest BCUT2D eigenvalue weighted by Crippen LogP contribution is 2.40. The molecule has 1 aliphatic rings. The molecule has 3 nitrogen and oxygen atoms in total. The smallest absolute Gasteiger partial charge is 0.209 e. The lowest BCUT2D eigenvalue weighted by Gasteiger charge is -2.22. The average molecular weight is 407 g/mol. The first kappa shape index (κ1) is 21.1. The van der Waals surface area contributed by atoms with Gasteiger partial charge in [0, 0.05) is 41.5 Å². The number of hydrogen-bond donors (Lipinski definition) is 0. The van der Waals surface area contributed by atoms with Crippen molar-refractivity contribution < 1.29 is 4.58 Å². The molecule has 0 bridgehead atoms. The molecule has 1 aliphatic heterocycles. The van der Waals surface area contributed by atoms with Crippen LogP contribution >= 0.6 is 11.6 Å². The number of nitriles is 1. The highest BCUT2D eigenvalue weighted by atomic mass is 35.5. The van der Waals surface area contributed by atoms with Crippen molar-refractivity contribution in [3.05, 3.63) is 64.2 Å². The fourth-order valence-electron chi connectivity index (χ4n) is 4.14. The minimum atomic E-state index is -0.112. The lowest BCUT2D eigenvalue weighted by molar-refractivity contribution is -0.401. The third kappa shape index (κ3) is 4.09. The number of allylic oxidation sites excluding steroid dienone is 1. The molecule has 150 valence electrons. The maximum absolute atomic E-state index is 8.92. The number of aryl methyl sites for hydroxylation is 1. The Morgan fingerprint density at radius 3 is 2.62 bits per heavy atom. The molecular weight excluding hydrogens is 378 g/mol. The highest BCUT2D eigenvalue weighted by Gasteiger charge is 2.42. The van der Waals surface area contributed by atoms with E-state index in [0.717, 1.165) is 23.8 Å². The van der Waals surface area contributed by atoms with Gasteiger partial charge >= 0.3 is 0 Å². The normalized spacial score (nSPS) is 14.9. The second kappa shape index (κ2) is 8.43. The van der Waals surface area contributed by atoms with Crippen molar-refractivity contribution in [3.63, 3.8) is 0 Å². The summed E-state index contributed by atoms with van der Waals surface area (Å²) in [4.78, 5) is 2.25. The number of halogens is 1. The molecule has 1 heterocycles. The molecule has 0 saturated heterocycles. The molecule has 0 N–H and O–H groups in total. The molecule has 0 amide bonds. The summed E-state index contributed by atoms with van der Waals surface area (Å²) in [5.74, 6) is 0. The van der Waals surface area contributed by atoms with Crippen molar-refractivity contribution in [2.24, 2.45) is 0 Å². The van der Waals surface area contributed by atoms with Crippen molar-refractivity contribution in [1.29, 1.82) is 5.26 Å². The largest absolute Gasteiger partial charge is 0.371 e. The molecule has 0 saturated carbocycles. The second-order valence-electron chi connectivity index (χ2n) is 8.09. The first-order valence-electron chi connectivity index (χ1n) is 10.1. The molecule has 29 heavy (non-hydrogen) atoms. The van der Waals surface area contributed by atoms with E-state index in [-0.39, 0.29) is 5.41 Å². The zero-order valence-electron chi connectivity index (χ0n) is 18.0. The third-order valence-corrected chi connectivity index (χ3v) is 6.15. The van der Waals surface area contributed by atoms with Gasteiger partial charge in [-0.3, -0.25) is 0 Å². The minimum Gasteiger partial charge on any atom is -0.371 e. The Labute approximate surface area is 179 Å². The zero-order chi connectivity index (χ0) is 21.2. The number of nitrogens with zero attached hydrogens (tertiary/aromatic N) is 3. The lowest BCUT2D eigenvalue weighted by atomic mass is 9.81. The molecule has 0 aromatic heterocycles. The van der Waals surface area contributed by atoms with Gasteiger partial charge in [0.15, 0.2) is 5.71 Å². The lowest BCUT2D eigenvalue weighted by Crippen LogP contribution is -2.26. The summed E-state index contributed by atoms with van der Waals surface area (Å²) in [7, 11) is 2.12. The van der Waals surface area contributed by atoms with E-state index in [1.165, 1.54) is 28.1 Å². The molecular formula is C25H29ClN3+. The zero-order valence-corrected chi connectivity index (χ0v) is 18.7. The van der Waals surface area contributed by atoms with Crippen LogP contribution in [0.15, 0.2) is 42.5 Å². The Bertz CT molecular complexity index is 1020. The number of benzene rings is 2. The topological polar surface area (TPSA) is 30.0 Å². The van der Waals surface area contributed by atoms with Crippen LogP contribution in [0.2, 0.25) is 5.02 Å². The Kier molecular flexibility index (Phi) is 6.15. The van der Waals surface area contributed by atoms with Crippen molar-refractivity contribution in [3.8, 4) is 6.07 Å². The van der Waals surface area contributed by atoms with Gasteiger partial charge in [0.1, 0.15) is 7.05 Å². The van der Waals surface area contributed by atoms with Crippen molar-refractivity contribution >= 4 is 34.8 Å².